The van der Waals surface area contributed by atoms with E-state index >= 15 is 0 Å². The molecule has 0 aromatic heterocycles. The number of carbonyl (C=O) groups excluding carboxylic acids is 1. The van der Waals surface area contributed by atoms with Gasteiger partial charge in [-0.3, -0.25) is 4.79 Å². The lowest BCUT2D eigenvalue weighted by Crippen LogP contribution is -2.34. The quantitative estimate of drug-likeness (QED) is 0.783. The molecule has 110 valence electrons. The van der Waals surface area contributed by atoms with Crippen LogP contribution in [0, 0.1) is 0 Å². The first-order valence-corrected chi connectivity index (χ1v) is 7.84. The fourth-order valence-electron chi connectivity index (χ4n) is 2.82. The summed E-state index contributed by atoms with van der Waals surface area (Å²) < 4.78 is 0. The van der Waals surface area contributed by atoms with Crippen molar-refractivity contribution in [1.82, 2.24) is 10.6 Å². The van der Waals surface area contributed by atoms with Gasteiger partial charge in [-0.05, 0) is 43.5 Å². The molecule has 1 aromatic carbocycles. The minimum absolute atomic E-state index is 0.0905. The average molecular weight is 274 g/mol. The van der Waals surface area contributed by atoms with Gasteiger partial charge in [0.25, 0.3) is 5.91 Å². The smallest absolute Gasteiger partial charge is 0.251 e. The van der Waals surface area contributed by atoms with E-state index in [0.29, 0.717) is 0 Å². The molecule has 0 fully saturated rings. The summed E-state index contributed by atoms with van der Waals surface area (Å²) in [6, 6.07) is 6.32. The van der Waals surface area contributed by atoms with Gasteiger partial charge in [0.15, 0.2) is 0 Å². The maximum Gasteiger partial charge on any atom is 0.251 e. The first kappa shape index (κ1) is 15.0. The maximum absolute atomic E-state index is 12.4. The Balaban J connectivity index is 1.99. The van der Waals surface area contributed by atoms with Crippen LogP contribution in [0.5, 0.6) is 0 Å². The molecule has 0 saturated carbocycles. The Hall–Kier alpha value is -1.35. The van der Waals surface area contributed by atoms with E-state index in [1.807, 2.05) is 12.1 Å². The van der Waals surface area contributed by atoms with Crippen molar-refractivity contribution in [2.24, 2.45) is 0 Å². The molecule has 1 heterocycles. The first-order chi connectivity index (χ1) is 9.72. The number of hydrogen-bond donors (Lipinski definition) is 2. The van der Waals surface area contributed by atoms with E-state index in [1.165, 1.54) is 30.4 Å². The molecule has 1 aromatic rings. The molecule has 2 N–H and O–H groups in total. The standard InChI is InChI=1S/C17H26N2O/c1-3-4-5-7-13(2)19-17(20)16-9-6-8-14-12-18-11-10-15(14)16/h6,8-9,13,18H,3-5,7,10-12H2,1-2H3,(H,19,20). The zero-order valence-corrected chi connectivity index (χ0v) is 12.7. The Labute approximate surface area is 122 Å². The fraction of sp³-hybridized carbons (Fsp3) is 0.588. The molecule has 3 heteroatoms. The number of fused-ring (bicyclic) bond motifs is 1. The highest BCUT2D eigenvalue weighted by Crippen LogP contribution is 2.19. The Morgan fingerprint density at radius 1 is 1.40 bits per heavy atom. The van der Waals surface area contributed by atoms with Crippen molar-refractivity contribution in [3.8, 4) is 0 Å². The molecule has 1 atom stereocenters. The molecule has 0 aliphatic carbocycles. The van der Waals surface area contributed by atoms with Crippen LogP contribution in [-0.4, -0.2) is 18.5 Å². The normalized spacial score (nSPS) is 15.5. The molecule has 0 spiro atoms. The van der Waals surface area contributed by atoms with Crippen LogP contribution in [0.25, 0.3) is 0 Å². The molecule has 20 heavy (non-hydrogen) atoms. The van der Waals surface area contributed by atoms with Crippen molar-refractivity contribution < 1.29 is 4.79 Å². The number of rotatable bonds is 6. The van der Waals surface area contributed by atoms with Crippen LogP contribution in [0.1, 0.15) is 61.0 Å². The number of hydrogen-bond acceptors (Lipinski definition) is 2. The van der Waals surface area contributed by atoms with Crippen LogP contribution in [0.3, 0.4) is 0 Å². The van der Waals surface area contributed by atoms with Crippen LogP contribution in [0.15, 0.2) is 18.2 Å². The Kier molecular flexibility index (Phi) is 5.60. The van der Waals surface area contributed by atoms with Crippen molar-refractivity contribution in [3.63, 3.8) is 0 Å². The lowest BCUT2D eigenvalue weighted by molar-refractivity contribution is 0.0936. The van der Waals surface area contributed by atoms with E-state index in [4.69, 9.17) is 0 Å². The van der Waals surface area contributed by atoms with Gasteiger partial charge < -0.3 is 10.6 Å². The van der Waals surface area contributed by atoms with Crippen LogP contribution in [-0.2, 0) is 13.0 Å². The molecule has 0 bridgehead atoms. The molecule has 1 amide bonds. The molecule has 2 rings (SSSR count). The number of unbranched alkanes of at least 4 members (excludes halogenated alkanes) is 2. The highest BCUT2D eigenvalue weighted by molar-refractivity contribution is 5.96. The Morgan fingerprint density at radius 3 is 3.05 bits per heavy atom. The minimum Gasteiger partial charge on any atom is -0.350 e. The summed E-state index contributed by atoms with van der Waals surface area (Å²) in [5, 5.41) is 6.50. The van der Waals surface area contributed by atoms with Crippen LogP contribution < -0.4 is 10.6 Å². The van der Waals surface area contributed by atoms with E-state index in [9.17, 15) is 4.79 Å². The predicted octanol–water partition coefficient (Wildman–Crippen LogP) is 3.03. The third kappa shape index (κ3) is 3.83. The predicted molar refractivity (Wildman–Crippen MR) is 82.9 cm³/mol. The second kappa shape index (κ2) is 7.44. The Morgan fingerprint density at radius 2 is 2.25 bits per heavy atom. The lowest BCUT2D eigenvalue weighted by atomic mass is 9.95. The van der Waals surface area contributed by atoms with Crippen molar-refractivity contribution in [2.45, 2.75) is 58.5 Å². The van der Waals surface area contributed by atoms with Gasteiger partial charge in [0.05, 0.1) is 0 Å². The monoisotopic (exact) mass is 274 g/mol. The van der Waals surface area contributed by atoms with Crippen LogP contribution >= 0.6 is 0 Å². The van der Waals surface area contributed by atoms with Crippen molar-refractivity contribution >= 4 is 5.91 Å². The second-order valence-electron chi connectivity index (χ2n) is 5.74. The van der Waals surface area contributed by atoms with E-state index in [-0.39, 0.29) is 11.9 Å². The van der Waals surface area contributed by atoms with Gasteiger partial charge in [-0.15, -0.1) is 0 Å². The molecule has 3 nitrogen and oxygen atoms in total. The number of carbonyl (C=O) groups is 1. The number of amides is 1. The van der Waals surface area contributed by atoms with Gasteiger partial charge in [-0.2, -0.15) is 0 Å². The topological polar surface area (TPSA) is 41.1 Å². The maximum atomic E-state index is 12.4. The van der Waals surface area contributed by atoms with Crippen LogP contribution in [0.4, 0.5) is 0 Å². The summed E-state index contributed by atoms with van der Waals surface area (Å²) in [5.74, 6) is 0.0905. The average Bonchev–Trinajstić information content (AvgIpc) is 2.47. The summed E-state index contributed by atoms with van der Waals surface area (Å²) >= 11 is 0. The fourth-order valence-corrected chi connectivity index (χ4v) is 2.82. The third-order valence-electron chi connectivity index (χ3n) is 4.00. The summed E-state index contributed by atoms with van der Waals surface area (Å²) in [7, 11) is 0. The lowest BCUT2D eigenvalue weighted by Gasteiger charge is -2.21. The Bertz CT molecular complexity index is 456. The molecular formula is C17H26N2O. The highest BCUT2D eigenvalue weighted by atomic mass is 16.1. The van der Waals surface area contributed by atoms with Gasteiger partial charge in [0.2, 0.25) is 0 Å². The molecule has 1 unspecified atom stereocenters. The highest BCUT2D eigenvalue weighted by Gasteiger charge is 2.18. The van der Waals surface area contributed by atoms with Crippen LogP contribution in [0.2, 0.25) is 0 Å². The summed E-state index contributed by atoms with van der Waals surface area (Å²) in [5.41, 5.74) is 3.36. The van der Waals surface area contributed by atoms with Gasteiger partial charge in [-0.25, -0.2) is 0 Å². The minimum atomic E-state index is 0.0905. The van der Waals surface area contributed by atoms with Crippen molar-refractivity contribution in [2.75, 3.05) is 6.54 Å². The zero-order valence-electron chi connectivity index (χ0n) is 12.7. The van der Waals surface area contributed by atoms with E-state index in [2.05, 4.69) is 30.5 Å². The van der Waals surface area contributed by atoms with E-state index in [0.717, 1.165) is 31.5 Å². The molecule has 0 radical (unpaired) electrons. The number of benzene rings is 1. The zero-order chi connectivity index (χ0) is 14.4. The van der Waals surface area contributed by atoms with Gasteiger partial charge in [-0.1, -0.05) is 38.3 Å². The summed E-state index contributed by atoms with van der Waals surface area (Å²) in [4.78, 5) is 12.4. The first-order valence-electron chi connectivity index (χ1n) is 7.84. The largest absolute Gasteiger partial charge is 0.350 e. The third-order valence-corrected chi connectivity index (χ3v) is 4.00. The van der Waals surface area contributed by atoms with Gasteiger partial charge in [0, 0.05) is 18.2 Å². The molecule has 0 saturated heterocycles. The van der Waals surface area contributed by atoms with Crippen molar-refractivity contribution in [3.05, 3.63) is 34.9 Å². The summed E-state index contributed by atoms with van der Waals surface area (Å²) in [6.07, 6.45) is 5.67. The van der Waals surface area contributed by atoms with Gasteiger partial charge >= 0.3 is 0 Å². The summed E-state index contributed by atoms with van der Waals surface area (Å²) in [6.45, 7) is 6.14. The second-order valence-corrected chi connectivity index (χ2v) is 5.74. The van der Waals surface area contributed by atoms with E-state index in [1.54, 1.807) is 0 Å². The van der Waals surface area contributed by atoms with Gasteiger partial charge in [0.1, 0.15) is 0 Å². The molecule has 1 aliphatic heterocycles. The molecule has 1 aliphatic rings. The van der Waals surface area contributed by atoms with E-state index < -0.39 is 0 Å². The number of nitrogens with one attached hydrogen (secondary N) is 2. The SMILES string of the molecule is CCCCCC(C)NC(=O)c1cccc2c1CCNC2. The molecular weight excluding hydrogens is 248 g/mol. The van der Waals surface area contributed by atoms with Crippen molar-refractivity contribution in [1.29, 1.82) is 0 Å².